The molecule has 38 heavy (non-hydrogen) atoms. The molecule has 0 radical (unpaired) electrons. The summed E-state index contributed by atoms with van der Waals surface area (Å²) < 4.78 is 18.6. The molecule has 0 spiro atoms. The average molecular weight is 533 g/mol. The summed E-state index contributed by atoms with van der Waals surface area (Å²) in [5.41, 5.74) is 1.05. The minimum Gasteiger partial charge on any atom is -0.497 e. The lowest BCUT2D eigenvalue weighted by atomic mass is 10.0. The topological polar surface area (TPSA) is 47.9 Å². The first-order valence-corrected chi connectivity index (χ1v) is 15.5. The fourth-order valence-corrected chi connectivity index (χ4v) is 9.66. The zero-order chi connectivity index (χ0) is 27.4. The van der Waals surface area contributed by atoms with E-state index in [-0.39, 0.29) is 11.1 Å². The van der Waals surface area contributed by atoms with Crippen molar-refractivity contribution in [3.8, 4) is 5.75 Å². The third-order valence-electron chi connectivity index (χ3n) is 7.09. The molecule has 0 saturated carbocycles. The minimum atomic E-state index is -2.58. The van der Waals surface area contributed by atoms with Gasteiger partial charge in [0.1, 0.15) is 5.75 Å². The maximum atomic E-state index is 10.9. The number of aliphatic hydroxyl groups excluding tert-OH is 1. The number of benzene rings is 3. The molecule has 0 heterocycles. The highest BCUT2D eigenvalue weighted by atomic mass is 28.4. The lowest BCUT2D eigenvalue weighted by molar-refractivity contribution is -0.0541. The number of methoxy groups -OCH3 is 1. The fraction of sp³-hybridized carbons (Fsp3) is 0.394. The Morgan fingerprint density at radius 3 is 1.95 bits per heavy atom. The average Bonchev–Trinajstić information content (AvgIpc) is 2.94. The molecule has 0 aliphatic rings. The molecule has 0 aliphatic carbocycles. The number of ether oxygens (including phenoxy) is 2. The van der Waals surface area contributed by atoms with Crippen LogP contribution in [0.5, 0.6) is 5.75 Å². The molecule has 0 saturated heterocycles. The molecule has 4 nitrogen and oxygen atoms in total. The quantitative estimate of drug-likeness (QED) is 0.142. The second kappa shape index (κ2) is 14.5. The van der Waals surface area contributed by atoms with Crippen LogP contribution < -0.4 is 15.1 Å². The molecule has 0 bridgehead atoms. The molecule has 0 aromatic heterocycles. The number of rotatable bonds is 15. The molecule has 5 heteroatoms. The Hall–Kier alpha value is -2.70. The Morgan fingerprint density at radius 1 is 0.868 bits per heavy atom. The molecule has 0 amide bonds. The van der Waals surface area contributed by atoms with Gasteiger partial charge < -0.3 is 19.0 Å². The molecule has 0 fully saturated rings. The molecule has 3 aromatic carbocycles. The Kier molecular flexibility index (Phi) is 11.4. The van der Waals surface area contributed by atoms with Gasteiger partial charge in [0.25, 0.3) is 8.32 Å². The van der Waals surface area contributed by atoms with Crippen LogP contribution >= 0.6 is 0 Å². The van der Waals surface area contributed by atoms with Gasteiger partial charge in [-0.05, 0) is 58.8 Å². The van der Waals surface area contributed by atoms with Gasteiger partial charge in [-0.25, -0.2) is 0 Å². The van der Waals surface area contributed by atoms with E-state index in [1.165, 1.54) is 10.4 Å². The van der Waals surface area contributed by atoms with E-state index in [2.05, 4.69) is 88.0 Å². The summed E-state index contributed by atoms with van der Waals surface area (Å²) >= 11 is 0. The second-order valence-corrected chi connectivity index (χ2v) is 15.1. The number of allylic oxidation sites excluding steroid dienone is 1. The van der Waals surface area contributed by atoms with Crippen LogP contribution in [0.2, 0.25) is 5.04 Å². The molecule has 1 N–H and O–H groups in total. The SMILES string of the molecule is C=CCC[C@H](O)[C@@H](CCCO[Si](c1ccccc1)(c1ccccc1)C(C)(C)C)OCc1ccc(OC)cc1. The summed E-state index contributed by atoms with van der Waals surface area (Å²) in [6.45, 7) is 11.7. The highest BCUT2D eigenvalue weighted by Gasteiger charge is 2.50. The van der Waals surface area contributed by atoms with Crippen LogP contribution in [-0.2, 0) is 15.8 Å². The second-order valence-electron chi connectivity index (χ2n) is 10.8. The van der Waals surface area contributed by atoms with E-state index in [1.54, 1.807) is 7.11 Å². The first kappa shape index (κ1) is 29.8. The van der Waals surface area contributed by atoms with Gasteiger partial charge >= 0.3 is 0 Å². The van der Waals surface area contributed by atoms with Gasteiger partial charge in [0.2, 0.25) is 0 Å². The van der Waals surface area contributed by atoms with Gasteiger partial charge in [-0.3, -0.25) is 0 Å². The summed E-state index contributed by atoms with van der Waals surface area (Å²) in [6.07, 6.45) is 3.90. The largest absolute Gasteiger partial charge is 0.497 e. The van der Waals surface area contributed by atoms with Crippen molar-refractivity contribution in [2.75, 3.05) is 13.7 Å². The Balaban J connectivity index is 1.74. The molecule has 3 aromatic rings. The van der Waals surface area contributed by atoms with Gasteiger partial charge in [-0.15, -0.1) is 6.58 Å². The molecule has 0 unspecified atom stereocenters. The normalized spacial score (nSPS) is 13.6. The van der Waals surface area contributed by atoms with E-state index < -0.39 is 14.4 Å². The van der Waals surface area contributed by atoms with Crippen molar-refractivity contribution in [2.45, 2.75) is 70.3 Å². The third kappa shape index (κ3) is 7.67. The van der Waals surface area contributed by atoms with E-state index in [0.29, 0.717) is 26.1 Å². The van der Waals surface area contributed by atoms with Crippen molar-refractivity contribution in [1.29, 1.82) is 0 Å². The van der Waals surface area contributed by atoms with Crippen molar-refractivity contribution >= 4 is 18.7 Å². The van der Waals surface area contributed by atoms with Gasteiger partial charge in [-0.1, -0.05) is 99.6 Å². The molecule has 0 aliphatic heterocycles. The number of hydrogen-bond donors (Lipinski definition) is 1. The van der Waals surface area contributed by atoms with E-state index in [1.807, 2.05) is 30.3 Å². The van der Waals surface area contributed by atoms with Gasteiger partial charge in [0.05, 0.1) is 25.9 Å². The monoisotopic (exact) mass is 532 g/mol. The predicted octanol–water partition coefficient (Wildman–Crippen LogP) is 6.26. The van der Waals surface area contributed by atoms with Crippen LogP contribution in [-0.4, -0.2) is 39.3 Å². The summed E-state index contributed by atoms with van der Waals surface area (Å²) in [4.78, 5) is 0. The van der Waals surface area contributed by atoms with Crippen LogP contribution in [0.15, 0.2) is 97.6 Å². The van der Waals surface area contributed by atoms with E-state index in [0.717, 1.165) is 24.2 Å². The van der Waals surface area contributed by atoms with Crippen molar-refractivity contribution < 1.29 is 19.0 Å². The van der Waals surface area contributed by atoms with Crippen molar-refractivity contribution in [2.24, 2.45) is 0 Å². The Morgan fingerprint density at radius 2 is 1.45 bits per heavy atom. The Labute approximate surface area is 230 Å². The molecular formula is C33H44O4Si. The van der Waals surface area contributed by atoms with Gasteiger partial charge in [0.15, 0.2) is 0 Å². The van der Waals surface area contributed by atoms with Gasteiger partial charge in [0, 0.05) is 6.61 Å². The van der Waals surface area contributed by atoms with Gasteiger partial charge in [-0.2, -0.15) is 0 Å². The standard InChI is InChI=1S/C33H44O4Si/c1-6-7-19-31(34)32(36-26-27-21-23-28(35-5)24-22-27)20-14-25-37-38(33(2,3)4,29-15-10-8-11-16-29)30-17-12-9-13-18-30/h6,8-13,15-18,21-24,31-32,34H,1,7,14,19-20,25-26H2,2-5H3/t31-,32+/m0/s1. The number of hydrogen-bond acceptors (Lipinski definition) is 4. The summed E-state index contributed by atoms with van der Waals surface area (Å²) in [5, 5.41) is 13.4. The summed E-state index contributed by atoms with van der Waals surface area (Å²) in [5.74, 6) is 0.816. The summed E-state index contributed by atoms with van der Waals surface area (Å²) in [7, 11) is -0.919. The first-order chi connectivity index (χ1) is 18.3. The highest BCUT2D eigenvalue weighted by Crippen LogP contribution is 2.37. The lowest BCUT2D eigenvalue weighted by Crippen LogP contribution is -2.66. The van der Waals surface area contributed by atoms with Crippen molar-refractivity contribution in [1.82, 2.24) is 0 Å². The summed E-state index contributed by atoms with van der Waals surface area (Å²) in [6, 6.07) is 29.3. The minimum absolute atomic E-state index is 0.0660. The maximum Gasteiger partial charge on any atom is 0.261 e. The predicted molar refractivity (Wildman–Crippen MR) is 160 cm³/mol. The van der Waals surface area contributed by atoms with Crippen LogP contribution in [0.1, 0.15) is 52.0 Å². The zero-order valence-corrected chi connectivity index (χ0v) is 24.4. The van der Waals surface area contributed by atoms with Crippen molar-refractivity contribution in [3.63, 3.8) is 0 Å². The maximum absolute atomic E-state index is 10.9. The lowest BCUT2D eigenvalue weighted by Gasteiger charge is -2.43. The van der Waals surface area contributed by atoms with E-state index in [4.69, 9.17) is 13.9 Å². The van der Waals surface area contributed by atoms with Crippen LogP contribution in [0, 0.1) is 0 Å². The highest BCUT2D eigenvalue weighted by molar-refractivity contribution is 6.99. The molecular weight excluding hydrogens is 488 g/mol. The fourth-order valence-electron chi connectivity index (χ4n) is 5.06. The van der Waals surface area contributed by atoms with E-state index in [9.17, 15) is 5.11 Å². The van der Waals surface area contributed by atoms with Crippen LogP contribution in [0.25, 0.3) is 0 Å². The van der Waals surface area contributed by atoms with Crippen LogP contribution in [0.3, 0.4) is 0 Å². The molecule has 2 atom stereocenters. The first-order valence-electron chi connectivity index (χ1n) is 13.6. The molecule has 3 rings (SSSR count). The Bertz CT molecular complexity index is 1040. The van der Waals surface area contributed by atoms with E-state index >= 15 is 0 Å². The number of aliphatic hydroxyl groups is 1. The van der Waals surface area contributed by atoms with Crippen LogP contribution in [0.4, 0.5) is 0 Å². The molecule has 204 valence electrons. The smallest absolute Gasteiger partial charge is 0.261 e. The zero-order valence-electron chi connectivity index (χ0n) is 23.4. The third-order valence-corrected chi connectivity index (χ3v) is 12.1. The van der Waals surface area contributed by atoms with Crippen molar-refractivity contribution in [3.05, 3.63) is 103 Å².